The minimum absolute atomic E-state index is 0.154. The minimum Gasteiger partial charge on any atom is -0.342 e. The second-order valence-corrected chi connectivity index (χ2v) is 6.48. The van der Waals surface area contributed by atoms with E-state index in [9.17, 15) is 4.79 Å². The summed E-state index contributed by atoms with van der Waals surface area (Å²) in [6.07, 6.45) is 5.48. The monoisotopic (exact) mass is 238 g/mol. The van der Waals surface area contributed by atoms with Crippen molar-refractivity contribution in [3.05, 3.63) is 0 Å². The van der Waals surface area contributed by atoms with Gasteiger partial charge in [0.1, 0.15) is 0 Å². The Morgan fingerprint density at radius 2 is 1.88 bits per heavy atom. The topological polar surface area (TPSA) is 46.3 Å². The maximum absolute atomic E-state index is 12.3. The third kappa shape index (κ3) is 2.82. The fraction of sp³-hybridized carbons (Fsp3) is 0.929. The molecule has 2 unspecified atom stereocenters. The summed E-state index contributed by atoms with van der Waals surface area (Å²) < 4.78 is 0. The molecule has 1 aliphatic carbocycles. The van der Waals surface area contributed by atoms with Crippen LogP contribution in [-0.2, 0) is 4.79 Å². The SMILES string of the molecule is CC1CC(C)CN(C(=O)CC2(CN)CCC2)C1. The van der Waals surface area contributed by atoms with Gasteiger partial charge in [-0.15, -0.1) is 0 Å². The van der Waals surface area contributed by atoms with Gasteiger partial charge in [-0.1, -0.05) is 20.3 Å². The van der Waals surface area contributed by atoms with E-state index >= 15 is 0 Å². The molecule has 0 spiro atoms. The van der Waals surface area contributed by atoms with E-state index in [1.165, 1.54) is 12.8 Å². The van der Waals surface area contributed by atoms with Crippen molar-refractivity contribution in [2.75, 3.05) is 19.6 Å². The highest BCUT2D eigenvalue weighted by Gasteiger charge is 2.39. The van der Waals surface area contributed by atoms with E-state index in [0.29, 0.717) is 30.7 Å². The molecule has 0 aromatic carbocycles. The van der Waals surface area contributed by atoms with Gasteiger partial charge in [0.15, 0.2) is 0 Å². The molecule has 2 aliphatic rings. The summed E-state index contributed by atoms with van der Waals surface area (Å²) in [5, 5.41) is 0. The second kappa shape index (κ2) is 4.97. The molecular weight excluding hydrogens is 212 g/mol. The van der Waals surface area contributed by atoms with Crippen molar-refractivity contribution in [2.24, 2.45) is 23.0 Å². The maximum atomic E-state index is 12.3. The molecule has 17 heavy (non-hydrogen) atoms. The smallest absolute Gasteiger partial charge is 0.223 e. The van der Waals surface area contributed by atoms with E-state index in [1.807, 2.05) is 0 Å². The van der Waals surface area contributed by atoms with Gasteiger partial charge < -0.3 is 10.6 Å². The first-order valence-corrected chi connectivity index (χ1v) is 7.02. The molecule has 0 bridgehead atoms. The molecule has 2 N–H and O–H groups in total. The molecule has 3 heteroatoms. The molecule has 1 amide bonds. The molecule has 2 atom stereocenters. The number of amides is 1. The lowest BCUT2D eigenvalue weighted by molar-refractivity contribution is -0.137. The van der Waals surface area contributed by atoms with E-state index in [2.05, 4.69) is 18.7 Å². The highest BCUT2D eigenvalue weighted by atomic mass is 16.2. The lowest BCUT2D eigenvalue weighted by Gasteiger charge is -2.43. The molecule has 2 fully saturated rings. The number of hydrogen-bond acceptors (Lipinski definition) is 2. The summed E-state index contributed by atoms with van der Waals surface area (Å²) in [5.41, 5.74) is 5.98. The number of rotatable bonds is 3. The van der Waals surface area contributed by atoms with Gasteiger partial charge in [-0.05, 0) is 43.1 Å². The van der Waals surface area contributed by atoms with E-state index in [-0.39, 0.29) is 5.41 Å². The van der Waals surface area contributed by atoms with Crippen molar-refractivity contribution in [3.63, 3.8) is 0 Å². The highest BCUT2D eigenvalue weighted by molar-refractivity contribution is 5.77. The predicted molar refractivity (Wildman–Crippen MR) is 69.5 cm³/mol. The number of nitrogens with zero attached hydrogens (tertiary/aromatic N) is 1. The van der Waals surface area contributed by atoms with Crippen molar-refractivity contribution in [2.45, 2.75) is 46.0 Å². The average Bonchev–Trinajstić information content (AvgIpc) is 2.21. The lowest BCUT2D eigenvalue weighted by atomic mass is 9.66. The van der Waals surface area contributed by atoms with Gasteiger partial charge in [0.25, 0.3) is 0 Å². The first-order chi connectivity index (χ1) is 8.04. The zero-order valence-corrected chi connectivity index (χ0v) is 11.2. The van der Waals surface area contributed by atoms with Gasteiger partial charge in [0, 0.05) is 19.5 Å². The van der Waals surface area contributed by atoms with Gasteiger partial charge in [0.05, 0.1) is 0 Å². The number of hydrogen-bond donors (Lipinski definition) is 1. The minimum atomic E-state index is 0.154. The summed E-state index contributed by atoms with van der Waals surface area (Å²) in [4.78, 5) is 14.4. The summed E-state index contributed by atoms with van der Waals surface area (Å²) in [7, 11) is 0. The van der Waals surface area contributed by atoms with Crippen molar-refractivity contribution in [1.29, 1.82) is 0 Å². The van der Waals surface area contributed by atoms with Gasteiger partial charge in [-0.25, -0.2) is 0 Å². The van der Waals surface area contributed by atoms with Crippen LogP contribution in [0.4, 0.5) is 0 Å². The predicted octanol–water partition coefficient (Wildman–Crippen LogP) is 2.01. The molecule has 3 nitrogen and oxygen atoms in total. The van der Waals surface area contributed by atoms with Crippen LogP contribution in [0.5, 0.6) is 0 Å². The Balaban J connectivity index is 1.91. The Hall–Kier alpha value is -0.570. The van der Waals surface area contributed by atoms with Gasteiger partial charge >= 0.3 is 0 Å². The number of piperidine rings is 1. The van der Waals surface area contributed by atoms with Crippen LogP contribution in [0.2, 0.25) is 0 Å². The Kier molecular flexibility index (Phi) is 3.76. The van der Waals surface area contributed by atoms with E-state index in [1.54, 1.807) is 0 Å². The molecule has 1 saturated carbocycles. The first-order valence-electron chi connectivity index (χ1n) is 7.02. The van der Waals surface area contributed by atoms with Gasteiger partial charge in [-0.2, -0.15) is 0 Å². The molecule has 1 aliphatic heterocycles. The van der Waals surface area contributed by atoms with E-state index in [4.69, 9.17) is 5.73 Å². The molecule has 0 aromatic rings. The molecule has 2 rings (SSSR count). The van der Waals surface area contributed by atoms with Crippen LogP contribution in [0.15, 0.2) is 0 Å². The Labute approximate surface area is 105 Å². The number of nitrogens with two attached hydrogens (primary N) is 1. The lowest BCUT2D eigenvalue weighted by Crippen LogP contribution is -2.47. The molecule has 98 valence electrons. The standard InChI is InChI=1S/C14H26N2O/c1-11-6-12(2)9-16(8-11)13(17)7-14(10-15)4-3-5-14/h11-12H,3-10,15H2,1-2H3. The van der Waals surface area contributed by atoms with Crippen LogP contribution >= 0.6 is 0 Å². The van der Waals surface area contributed by atoms with Crippen molar-refractivity contribution < 1.29 is 4.79 Å². The molecule has 0 aromatic heterocycles. The first kappa shape index (κ1) is 12.9. The van der Waals surface area contributed by atoms with Crippen LogP contribution in [0, 0.1) is 17.3 Å². The van der Waals surface area contributed by atoms with Gasteiger partial charge in [-0.3, -0.25) is 4.79 Å². The summed E-state index contributed by atoms with van der Waals surface area (Å²) in [6, 6.07) is 0. The zero-order valence-electron chi connectivity index (χ0n) is 11.2. The second-order valence-electron chi connectivity index (χ2n) is 6.48. The third-order valence-electron chi connectivity index (χ3n) is 4.60. The van der Waals surface area contributed by atoms with Gasteiger partial charge in [0.2, 0.25) is 5.91 Å². The molecule has 0 radical (unpaired) electrons. The van der Waals surface area contributed by atoms with Crippen molar-refractivity contribution in [3.8, 4) is 0 Å². The number of likely N-dealkylation sites (tertiary alicyclic amines) is 1. The third-order valence-corrected chi connectivity index (χ3v) is 4.60. The average molecular weight is 238 g/mol. The van der Waals surface area contributed by atoms with E-state index < -0.39 is 0 Å². The van der Waals surface area contributed by atoms with Crippen molar-refractivity contribution in [1.82, 2.24) is 4.90 Å². The van der Waals surface area contributed by atoms with Crippen LogP contribution < -0.4 is 5.73 Å². The Morgan fingerprint density at radius 1 is 1.29 bits per heavy atom. The molecule has 1 saturated heterocycles. The largest absolute Gasteiger partial charge is 0.342 e. The Bertz CT molecular complexity index is 270. The van der Waals surface area contributed by atoms with Crippen LogP contribution in [0.1, 0.15) is 46.0 Å². The molecular formula is C14H26N2O. The maximum Gasteiger partial charge on any atom is 0.223 e. The quantitative estimate of drug-likeness (QED) is 0.817. The highest BCUT2D eigenvalue weighted by Crippen LogP contribution is 2.43. The normalized spacial score (nSPS) is 32.1. The fourth-order valence-corrected chi connectivity index (χ4v) is 3.43. The summed E-state index contributed by atoms with van der Waals surface area (Å²) >= 11 is 0. The summed E-state index contributed by atoms with van der Waals surface area (Å²) in [6.45, 7) is 7.07. The zero-order chi connectivity index (χ0) is 12.5. The summed E-state index contributed by atoms with van der Waals surface area (Å²) in [5.74, 6) is 1.64. The van der Waals surface area contributed by atoms with Crippen LogP contribution in [-0.4, -0.2) is 30.4 Å². The van der Waals surface area contributed by atoms with Crippen LogP contribution in [0.3, 0.4) is 0 Å². The van der Waals surface area contributed by atoms with E-state index in [0.717, 1.165) is 25.9 Å². The number of carbonyl (C=O) groups excluding carboxylic acids is 1. The fourth-order valence-electron chi connectivity index (χ4n) is 3.43. The number of carbonyl (C=O) groups is 1. The molecule has 1 heterocycles. The van der Waals surface area contributed by atoms with Crippen molar-refractivity contribution >= 4 is 5.91 Å². The van der Waals surface area contributed by atoms with Crippen LogP contribution in [0.25, 0.3) is 0 Å². The Morgan fingerprint density at radius 3 is 2.29 bits per heavy atom.